The molecule has 0 radical (unpaired) electrons. The number of amides is 1. The summed E-state index contributed by atoms with van der Waals surface area (Å²) in [5.41, 5.74) is 0. The Balaban J connectivity index is 1.84. The maximum atomic E-state index is 12.1. The van der Waals surface area contributed by atoms with E-state index in [0.29, 0.717) is 5.91 Å². The van der Waals surface area contributed by atoms with Gasteiger partial charge in [-0.3, -0.25) is 4.79 Å². The van der Waals surface area contributed by atoms with Crippen molar-refractivity contribution in [3.8, 4) is 0 Å². The van der Waals surface area contributed by atoms with Gasteiger partial charge in [-0.2, -0.15) is 0 Å². The van der Waals surface area contributed by atoms with Gasteiger partial charge in [0.15, 0.2) is 0 Å². The number of carbonyl (C=O) groups excluding carboxylic acids is 1. The van der Waals surface area contributed by atoms with Crippen LogP contribution in [0.3, 0.4) is 0 Å². The molecule has 2 aliphatic carbocycles. The van der Waals surface area contributed by atoms with E-state index in [-0.39, 0.29) is 12.0 Å². The van der Waals surface area contributed by atoms with E-state index in [9.17, 15) is 4.79 Å². The van der Waals surface area contributed by atoms with E-state index in [0.717, 1.165) is 30.0 Å². The van der Waals surface area contributed by atoms with Crippen molar-refractivity contribution in [2.24, 2.45) is 17.8 Å². The number of rotatable bonds is 3. The number of alkyl halides is 1. The van der Waals surface area contributed by atoms with Gasteiger partial charge in [0.05, 0.1) is 0 Å². The van der Waals surface area contributed by atoms with Crippen LogP contribution in [0.2, 0.25) is 0 Å². The van der Waals surface area contributed by atoms with E-state index in [1.807, 2.05) is 0 Å². The molecule has 0 heterocycles. The number of nitrogens with one attached hydrogen (secondary N) is 1. The SMILES string of the molecule is CC(CBr)NC(=O)C1CCC2CCCCC2C1. The zero-order valence-electron chi connectivity index (χ0n) is 10.8. The quantitative estimate of drug-likeness (QED) is 0.794. The standard InChI is InChI=1S/C14H24BrNO/c1-10(9-15)16-14(17)13-7-6-11-4-2-3-5-12(11)8-13/h10-13H,2-9H2,1H3,(H,16,17). The van der Waals surface area contributed by atoms with E-state index in [1.165, 1.54) is 32.1 Å². The van der Waals surface area contributed by atoms with Gasteiger partial charge in [0.1, 0.15) is 0 Å². The van der Waals surface area contributed by atoms with Crippen molar-refractivity contribution in [3.05, 3.63) is 0 Å². The number of fused-ring (bicyclic) bond motifs is 1. The average molecular weight is 302 g/mol. The molecule has 4 atom stereocenters. The Labute approximate surface area is 113 Å². The Morgan fingerprint density at radius 1 is 1.24 bits per heavy atom. The molecule has 2 saturated carbocycles. The highest BCUT2D eigenvalue weighted by Crippen LogP contribution is 2.42. The van der Waals surface area contributed by atoms with Gasteiger partial charge in [0, 0.05) is 17.3 Å². The highest BCUT2D eigenvalue weighted by molar-refractivity contribution is 9.09. The van der Waals surface area contributed by atoms with Gasteiger partial charge in [0.25, 0.3) is 0 Å². The molecule has 17 heavy (non-hydrogen) atoms. The summed E-state index contributed by atoms with van der Waals surface area (Å²) in [6.45, 7) is 2.05. The van der Waals surface area contributed by atoms with Gasteiger partial charge in [-0.1, -0.05) is 41.6 Å². The lowest BCUT2D eigenvalue weighted by molar-refractivity contribution is -0.127. The van der Waals surface area contributed by atoms with Crippen LogP contribution in [0.4, 0.5) is 0 Å². The summed E-state index contributed by atoms with van der Waals surface area (Å²) in [4.78, 5) is 12.1. The van der Waals surface area contributed by atoms with Crippen LogP contribution in [0.1, 0.15) is 51.9 Å². The molecule has 1 N–H and O–H groups in total. The second kappa shape index (κ2) is 6.21. The Morgan fingerprint density at radius 2 is 1.94 bits per heavy atom. The van der Waals surface area contributed by atoms with Crippen molar-refractivity contribution in [2.75, 3.05) is 5.33 Å². The molecule has 0 aromatic heterocycles. The summed E-state index contributed by atoms with van der Waals surface area (Å²) >= 11 is 3.41. The number of halogens is 1. The van der Waals surface area contributed by atoms with Crippen LogP contribution >= 0.6 is 15.9 Å². The highest BCUT2D eigenvalue weighted by atomic mass is 79.9. The fourth-order valence-corrected chi connectivity index (χ4v) is 3.67. The Kier molecular flexibility index (Phi) is 4.89. The minimum absolute atomic E-state index is 0.256. The second-order valence-corrected chi connectivity index (χ2v) is 6.53. The largest absolute Gasteiger partial charge is 0.353 e. The van der Waals surface area contributed by atoms with Gasteiger partial charge < -0.3 is 5.32 Å². The molecular weight excluding hydrogens is 278 g/mol. The van der Waals surface area contributed by atoms with Crippen molar-refractivity contribution in [2.45, 2.75) is 57.9 Å². The maximum absolute atomic E-state index is 12.1. The molecule has 0 aromatic carbocycles. The van der Waals surface area contributed by atoms with Crippen LogP contribution < -0.4 is 5.32 Å². The summed E-state index contributed by atoms with van der Waals surface area (Å²) in [6.07, 6.45) is 9.12. The van der Waals surface area contributed by atoms with Crippen LogP contribution in [0.15, 0.2) is 0 Å². The lowest BCUT2D eigenvalue weighted by Crippen LogP contribution is -2.41. The molecule has 98 valence electrons. The third-order valence-electron chi connectivity index (χ3n) is 4.53. The van der Waals surface area contributed by atoms with Gasteiger partial charge in [0.2, 0.25) is 5.91 Å². The van der Waals surface area contributed by atoms with Crippen molar-refractivity contribution in [1.82, 2.24) is 5.32 Å². The van der Waals surface area contributed by atoms with Gasteiger partial charge in [-0.15, -0.1) is 0 Å². The first kappa shape index (κ1) is 13.4. The molecule has 1 amide bonds. The molecule has 0 aromatic rings. The molecule has 0 aliphatic heterocycles. The third-order valence-corrected chi connectivity index (χ3v) is 5.50. The van der Waals surface area contributed by atoms with Gasteiger partial charge in [-0.25, -0.2) is 0 Å². The fraction of sp³-hybridized carbons (Fsp3) is 0.929. The number of hydrogen-bond acceptors (Lipinski definition) is 1. The predicted octanol–water partition coefficient (Wildman–Crippen LogP) is 3.49. The maximum Gasteiger partial charge on any atom is 0.223 e. The van der Waals surface area contributed by atoms with E-state index in [1.54, 1.807) is 0 Å². The molecule has 4 unspecified atom stereocenters. The average Bonchev–Trinajstić information content (AvgIpc) is 2.38. The molecule has 2 aliphatic rings. The molecule has 2 rings (SSSR count). The molecule has 0 bridgehead atoms. The Bertz CT molecular complexity index is 269. The zero-order chi connectivity index (χ0) is 12.3. The lowest BCUT2D eigenvalue weighted by atomic mass is 9.67. The monoisotopic (exact) mass is 301 g/mol. The van der Waals surface area contributed by atoms with Crippen molar-refractivity contribution in [1.29, 1.82) is 0 Å². The second-order valence-electron chi connectivity index (χ2n) is 5.88. The van der Waals surface area contributed by atoms with Crippen molar-refractivity contribution < 1.29 is 4.79 Å². The van der Waals surface area contributed by atoms with Crippen LogP contribution in [0.5, 0.6) is 0 Å². The first-order valence-electron chi connectivity index (χ1n) is 7.07. The fourth-order valence-electron chi connectivity index (χ4n) is 3.51. The van der Waals surface area contributed by atoms with Crippen LogP contribution in [-0.4, -0.2) is 17.3 Å². The summed E-state index contributed by atoms with van der Waals surface area (Å²) in [6, 6.07) is 0.256. The Morgan fingerprint density at radius 3 is 2.65 bits per heavy atom. The molecule has 3 heteroatoms. The smallest absolute Gasteiger partial charge is 0.223 e. The van der Waals surface area contributed by atoms with Crippen LogP contribution in [0.25, 0.3) is 0 Å². The minimum Gasteiger partial charge on any atom is -0.353 e. The van der Waals surface area contributed by atoms with E-state index in [4.69, 9.17) is 0 Å². The first-order valence-corrected chi connectivity index (χ1v) is 8.19. The summed E-state index contributed by atoms with van der Waals surface area (Å²) in [7, 11) is 0. The molecule has 2 fully saturated rings. The minimum atomic E-state index is 0.256. The van der Waals surface area contributed by atoms with E-state index in [2.05, 4.69) is 28.2 Å². The molecule has 2 nitrogen and oxygen atoms in total. The molecular formula is C14H24BrNO. The van der Waals surface area contributed by atoms with Gasteiger partial charge in [-0.05, 0) is 38.0 Å². The summed E-state index contributed by atoms with van der Waals surface area (Å²) in [5.74, 6) is 2.35. The Hall–Kier alpha value is -0.0500. The summed E-state index contributed by atoms with van der Waals surface area (Å²) in [5, 5.41) is 3.95. The van der Waals surface area contributed by atoms with E-state index >= 15 is 0 Å². The van der Waals surface area contributed by atoms with Crippen LogP contribution in [-0.2, 0) is 4.79 Å². The third kappa shape index (κ3) is 3.46. The summed E-state index contributed by atoms with van der Waals surface area (Å²) < 4.78 is 0. The molecule has 0 spiro atoms. The number of hydrogen-bond donors (Lipinski definition) is 1. The predicted molar refractivity (Wildman–Crippen MR) is 74.2 cm³/mol. The van der Waals surface area contributed by atoms with Gasteiger partial charge >= 0.3 is 0 Å². The van der Waals surface area contributed by atoms with E-state index < -0.39 is 0 Å². The lowest BCUT2D eigenvalue weighted by Gasteiger charge is -2.39. The highest BCUT2D eigenvalue weighted by Gasteiger charge is 2.35. The zero-order valence-corrected chi connectivity index (χ0v) is 12.3. The van der Waals surface area contributed by atoms with Crippen molar-refractivity contribution in [3.63, 3.8) is 0 Å². The topological polar surface area (TPSA) is 29.1 Å². The normalized spacial score (nSPS) is 34.8. The first-order chi connectivity index (χ1) is 8.20. The number of carbonyl (C=O) groups is 1. The van der Waals surface area contributed by atoms with Crippen molar-refractivity contribution >= 4 is 21.8 Å². The molecule has 0 saturated heterocycles. The van der Waals surface area contributed by atoms with Crippen LogP contribution in [0, 0.1) is 17.8 Å².